The van der Waals surface area contributed by atoms with Crippen molar-refractivity contribution in [1.29, 1.82) is 0 Å². The molecular formula is C15H16N2O. The molecule has 0 radical (unpaired) electrons. The summed E-state index contributed by atoms with van der Waals surface area (Å²) in [6.07, 6.45) is 4.36. The molecule has 1 heterocycles. The van der Waals surface area contributed by atoms with Crippen molar-refractivity contribution in [2.45, 2.75) is 20.0 Å². The SMILES string of the molecule is CC/C(=N\OCc1ccccc1)c1ccncc1. The number of oxime groups is 1. The Morgan fingerprint density at radius 3 is 2.50 bits per heavy atom. The zero-order valence-electron chi connectivity index (χ0n) is 10.4. The zero-order valence-corrected chi connectivity index (χ0v) is 10.4. The summed E-state index contributed by atoms with van der Waals surface area (Å²) in [5.41, 5.74) is 3.11. The number of benzene rings is 1. The van der Waals surface area contributed by atoms with E-state index in [4.69, 9.17) is 4.84 Å². The van der Waals surface area contributed by atoms with Crippen LogP contribution in [0.4, 0.5) is 0 Å². The Balaban J connectivity index is 1.99. The van der Waals surface area contributed by atoms with E-state index in [-0.39, 0.29) is 0 Å². The van der Waals surface area contributed by atoms with Crippen molar-refractivity contribution < 1.29 is 4.84 Å². The Labute approximate surface area is 107 Å². The number of rotatable bonds is 5. The highest BCUT2D eigenvalue weighted by Crippen LogP contribution is 2.06. The van der Waals surface area contributed by atoms with Gasteiger partial charge in [0.15, 0.2) is 0 Å². The summed E-state index contributed by atoms with van der Waals surface area (Å²) < 4.78 is 0. The van der Waals surface area contributed by atoms with Gasteiger partial charge in [-0.3, -0.25) is 4.98 Å². The van der Waals surface area contributed by atoms with Gasteiger partial charge in [0, 0.05) is 18.0 Å². The zero-order chi connectivity index (χ0) is 12.6. The maximum absolute atomic E-state index is 5.39. The fourth-order valence-electron chi connectivity index (χ4n) is 1.62. The van der Waals surface area contributed by atoms with Crippen LogP contribution in [-0.4, -0.2) is 10.7 Å². The van der Waals surface area contributed by atoms with Crippen molar-refractivity contribution in [3.05, 3.63) is 66.0 Å². The van der Waals surface area contributed by atoms with Gasteiger partial charge in [-0.1, -0.05) is 42.4 Å². The molecule has 0 aliphatic heterocycles. The van der Waals surface area contributed by atoms with Crippen LogP contribution in [0.2, 0.25) is 0 Å². The molecule has 0 spiro atoms. The molecule has 2 aromatic rings. The van der Waals surface area contributed by atoms with E-state index in [1.165, 1.54) is 0 Å². The largest absolute Gasteiger partial charge is 0.391 e. The summed E-state index contributed by atoms with van der Waals surface area (Å²) in [7, 11) is 0. The Hall–Kier alpha value is -2.16. The van der Waals surface area contributed by atoms with Gasteiger partial charge in [0.2, 0.25) is 0 Å². The third kappa shape index (κ3) is 3.42. The Morgan fingerprint density at radius 2 is 1.83 bits per heavy atom. The molecule has 92 valence electrons. The first-order valence-corrected chi connectivity index (χ1v) is 6.03. The smallest absolute Gasteiger partial charge is 0.142 e. The molecule has 0 saturated heterocycles. The van der Waals surface area contributed by atoms with Crippen molar-refractivity contribution in [2.75, 3.05) is 0 Å². The number of hydrogen-bond acceptors (Lipinski definition) is 3. The third-order valence-electron chi connectivity index (χ3n) is 2.60. The lowest BCUT2D eigenvalue weighted by Crippen LogP contribution is -2.00. The molecule has 1 aromatic carbocycles. The highest BCUT2D eigenvalue weighted by atomic mass is 16.6. The molecule has 0 N–H and O–H groups in total. The van der Waals surface area contributed by atoms with Crippen molar-refractivity contribution in [3.63, 3.8) is 0 Å². The summed E-state index contributed by atoms with van der Waals surface area (Å²) in [5.74, 6) is 0. The van der Waals surface area contributed by atoms with Crippen LogP contribution in [0.25, 0.3) is 0 Å². The van der Waals surface area contributed by atoms with Crippen LogP contribution in [-0.2, 0) is 11.4 Å². The number of aromatic nitrogens is 1. The van der Waals surface area contributed by atoms with Crippen LogP contribution in [0.5, 0.6) is 0 Å². The summed E-state index contributed by atoms with van der Waals surface area (Å²) >= 11 is 0. The minimum atomic E-state index is 0.495. The van der Waals surface area contributed by atoms with Crippen LogP contribution >= 0.6 is 0 Å². The second kappa shape index (κ2) is 6.55. The first kappa shape index (κ1) is 12.3. The van der Waals surface area contributed by atoms with E-state index in [0.717, 1.165) is 23.3 Å². The maximum Gasteiger partial charge on any atom is 0.142 e. The number of nitrogens with zero attached hydrogens (tertiary/aromatic N) is 2. The van der Waals surface area contributed by atoms with Crippen LogP contribution < -0.4 is 0 Å². The average molecular weight is 240 g/mol. The molecule has 0 aliphatic rings. The third-order valence-corrected chi connectivity index (χ3v) is 2.60. The van der Waals surface area contributed by atoms with Gasteiger partial charge in [-0.05, 0) is 24.1 Å². The van der Waals surface area contributed by atoms with E-state index in [2.05, 4.69) is 17.1 Å². The van der Waals surface area contributed by atoms with Gasteiger partial charge in [-0.25, -0.2) is 0 Å². The molecule has 0 atom stereocenters. The summed E-state index contributed by atoms with van der Waals surface area (Å²) in [6.45, 7) is 2.56. The molecule has 18 heavy (non-hydrogen) atoms. The fraction of sp³-hybridized carbons (Fsp3) is 0.200. The normalized spacial score (nSPS) is 11.3. The monoisotopic (exact) mass is 240 g/mol. The lowest BCUT2D eigenvalue weighted by Gasteiger charge is -2.04. The summed E-state index contributed by atoms with van der Waals surface area (Å²) in [6, 6.07) is 13.9. The average Bonchev–Trinajstić information content (AvgIpc) is 2.46. The first-order valence-electron chi connectivity index (χ1n) is 6.03. The van der Waals surface area contributed by atoms with Crippen molar-refractivity contribution >= 4 is 5.71 Å². The minimum absolute atomic E-state index is 0.495. The maximum atomic E-state index is 5.39. The highest BCUT2D eigenvalue weighted by molar-refractivity contribution is 5.99. The van der Waals surface area contributed by atoms with E-state index in [1.54, 1.807) is 12.4 Å². The molecule has 2 rings (SSSR count). The van der Waals surface area contributed by atoms with Gasteiger partial charge in [0.05, 0.1) is 5.71 Å². The predicted molar refractivity (Wildman–Crippen MR) is 72.3 cm³/mol. The second-order valence-electron chi connectivity index (χ2n) is 3.89. The molecule has 3 heteroatoms. The van der Waals surface area contributed by atoms with Crippen LogP contribution in [0, 0.1) is 0 Å². The Kier molecular flexibility index (Phi) is 4.47. The molecule has 0 fully saturated rings. The second-order valence-corrected chi connectivity index (χ2v) is 3.89. The van der Waals surface area contributed by atoms with Crippen molar-refractivity contribution in [1.82, 2.24) is 4.98 Å². The topological polar surface area (TPSA) is 34.5 Å². The standard InChI is InChI=1S/C15H16N2O/c1-2-15(14-8-10-16-11-9-14)17-18-12-13-6-4-3-5-7-13/h3-11H,2,12H2,1H3/b17-15+. The molecule has 0 aliphatic carbocycles. The molecule has 0 bridgehead atoms. The van der Waals surface area contributed by atoms with E-state index in [9.17, 15) is 0 Å². The van der Waals surface area contributed by atoms with Crippen LogP contribution in [0.1, 0.15) is 24.5 Å². The Morgan fingerprint density at radius 1 is 1.11 bits per heavy atom. The number of pyridine rings is 1. The number of hydrogen-bond donors (Lipinski definition) is 0. The molecule has 0 amide bonds. The van der Waals surface area contributed by atoms with Gasteiger partial charge in [0.1, 0.15) is 6.61 Å². The summed E-state index contributed by atoms with van der Waals surface area (Å²) in [4.78, 5) is 9.39. The van der Waals surface area contributed by atoms with E-state index < -0.39 is 0 Å². The molecular weight excluding hydrogens is 224 g/mol. The first-order chi connectivity index (χ1) is 8.90. The van der Waals surface area contributed by atoms with Gasteiger partial charge in [-0.15, -0.1) is 0 Å². The predicted octanol–water partition coefficient (Wildman–Crippen LogP) is 3.41. The van der Waals surface area contributed by atoms with Crippen molar-refractivity contribution in [2.24, 2.45) is 5.16 Å². The Bertz CT molecular complexity index is 494. The van der Waals surface area contributed by atoms with Gasteiger partial charge >= 0.3 is 0 Å². The van der Waals surface area contributed by atoms with Crippen LogP contribution in [0.15, 0.2) is 60.0 Å². The molecule has 1 aromatic heterocycles. The molecule has 3 nitrogen and oxygen atoms in total. The molecule has 0 unspecified atom stereocenters. The quantitative estimate of drug-likeness (QED) is 0.593. The lowest BCUT2D eigenvalue weighted by atomic mass is 10.1. The van der Waals surface area contributed by atoms with Gasteiger partial charge in [-0.2, -0.15) is 0 Å². The van der Waals surface area contributed by atoms with E-state index in [0.29, 0.717) is 6.61 Å². The van der Waals surface area contributed by atoms with E-state index >= 15 is 0 Å². The lowest BCUT2D eigenvalue weighted by molar-refractivity contribution is 0.130. The van der Waals surface area contributed by atoms with E-state index in [1.807, 2.05) is 42.5 Å². The van der Waals surface area contributed by atoms with Crippen LogP contribution in [0.3, 0.4) is 0 Å². The minimum Gasteiger partial charge on any atom is -0.391 e. The molecule has 0 saturated carbocycles. The fourth-order valence-corrected chi connectivity index (χ4v) is 1.62. The van der Waals surface area contributed by atoms with Gasteiger partial charge < -0.3 is 4.84 Å². The summed E-state index contributed by atoms with van der Waals surface area (Å²) in [5, 5.41) is 4.20. The van der Waals surface area contributed by atoms with Gasteiger partial charge in [0.25, 0.3) is 0 Å². The highest BCUT2D eigenvalue weighted by Gasteiger charge is 2.01. The van der Waals surface area contributed by atoms with Crippen molar-refractivity contribution in [3.8, 4) is 0 Å².